The number of hydrogen-bond acceptors (Lipinski definition) is 5. The molecule has 2 N–H and O–H groups in total. The second-order valence-corrected chi connectivity index (χ2v) is 4.52. The van der Waals surface area contributed by atoms with Gasteiger partial charge in [0.25, 0.3) is 0 Å². The number of nitrogens with one attached hydrogen (secondary N) is 2. The molecule has 0 saturated heterocycles. The van der Waals surface area contributed by atoms with E-state index in [1.807, 2.05) is 0 Å². The van der Waals surface area contributed by atoms with Crippen LogP contribution in [0.25, 0.3) is 5.82 Å². The SMILES string of the molecule is COc1ccc(NC(=O)Nc2cc(-n3cccn3)ncn2)cc1. The number of rotatable bonds is 4. The molecule has 0 aliphatic heterocycles. The van der Waals surface area contributed by atoms with Crippen LogP contribution in [0.2, 0.25) is 0 Å². The molecule has 2 heterocycles. The third-order valence-electron chi connectivity index (χ3n) is 2.98. The van der Waals surface area contributed by atoms with E-state index in [1.54, 1.807) is 60.6 Å². The predicted octanol–water partition coefficient (Wildman–Crippen LogP) is 2.31. The van der Waals surface area contributed by atoms with Crippen molar-refractivity contribution in [2.24, 2.45) is 0 Å². The molecule has 8 nitrogen and oxygen atoms in total. The van der Waals surface area contributed by atoms with Crippen LogP contribution < -0.4 is 15.4 Å². The summed E-state index contributed by atoms with van der Waals surface area (Å²) in [6.07, 6.45) is 4.76. The maximum Gasteiger partial charge on any atom is 0.324 e. The summed E-state index contributed by atoms with van der Waals surface area (Å²) in [7, 11) is 1.58. The van der Waals surface area contributed by atoms with Crippen molar-refractivity contribution in [1.29, 1.82) is 0 Å². The first-order valence-corrected chi connectivity index (χ1v) is 6.79. The van der Waals surface area contributed by atoms with Gasteiger partial charge in [0.2, 0.25) is 0 Å². The summed E-state index contributed by atoms with van der Waals surface area (Å²) in [5, 5.41) is 9.43. The van der Waals surface area contributed by atoms with E-state index in [-0.39, 0.29) is 0 Å². The molecule has 0 saturated carbocycles. The van der Waals surface area contributed by atoms with Crippen molar-refractivity contribution in [3.8, 4) is 11.6 Å². The van der Waals surface area contributed by atoms with Gasteiger partial charge in [-0.1, -0.05) is 0 Å². The number of methoxy groups -OCH3 is 1. The van der Waals surface area contributed by atoms with Crippen LogP contribution >= 0.6 is 0 Å². The maximum absolute atomic E-state index is 12.0. The third kappa shape index (κ3) is 3.62. The number of carbonyl (C=O) groups is 1. The fourth-order valence-electron chi connectivity index (χ4n) is 1.90. The van der Waals surface area contributed by atoms with Crippen LogP contribution in [0.15, 0.2) is 55.1 Å². The summed E-state index contributed by atoms with van der Waals surface area (Å²) in [6, 6.07) is 10.0. The fourth-order valence-corrected chi connectivity index (χ4v) is 1.90. The summed E-state index contributed by atoms with van der Waals surface area (Å²) in [6.45, 7) is 0. The van der Waals surface area contributed by atoms with Crippen molar-refractivity contribution in [3.63, 3.8) is 0 Å². The molecule has 2 amide bonds. The Balaban J connectivity index is 1.66. The Morgan fingerprint density at radius 2 is 2.00 bits per heavy atom. The number of amides is 2. The smallest absolute Gasteiger partial charge is 0.324 e. The van der Waals surface area contributed by atoms with Crippen molar-refractivity contribution in [2.75, 3.05) is 17.7 Å². The quantitative estimate of drug-likeness (QED) is 0.771. The van der Waals surface area contributed by atoms with Crippen LogP contribution in [0.3, 0.4) is 0 Å². The summed E-state index contributed by atoms with van der Waals surface area (Å²) in [4.78, 5) is 20.1. The number of benzene rings is 1. The normalized spacial score (nSPS) is 10.1. The van der Waals surface area contributed by atoms with Crippen LogP contribution in [-0.2, 0) is 0 Å². The van der Waals surface area contributed by atoms with E-state index in [0.29, 0.717) is 17.3 Å². The molecule has 0 radical (unpaired) electrons. The summed E-state index contributed by atoms with van der Waals surface area (Å²) in [5.74, 6) is 1.65. The molecule has 23 heavy (non-hydrogen) atoms. The highest BCUT2D eigenvalue weighted by atomic mass is 16.5. The van der Waals surface area contributed by atoms with Gasteiger partial charge >= 0.3 is 6.03 Å². The molecule has 0 fully saturated rings. The number of carbonyl (C=O) groups excluding carboxylic acids is 1. The van der Waals surface area contributed by atoms with Crippen LogP contribution in [0.5, 0.6) is 5.75 Å². The lowest BCUT2D eigenvalue weighted by Gasteiger charge is -2.08. The lowest BCUT2D eigenvalue weighted by Crippen LogP contribution is -2.20. The first-order valence-electron chi connectivity index (χ1n) is 6.79. The Kier molecular flexibility index (Phi) is 4.14. The largest absolute Gasteiger partial charge is 0.497 e. The number of anilines is 2. The van der Waals surface area contributed by atoms with Crippen molar-refractivity contribution in [1.82, 2.24) is 19.7 Å². The van der Waals surface area contributed by atoms with Gasteiger partial charge in [0.05, 0.1) is 7.11 Å². The molecule has 8 heteroatoms. The van der Waals surface area contributed by atoms with Crippen molar-refractivity contribution < 1.29 is 9.53 Å². The molecule has 2 aromatic heterocycles. The van der Waals surface area contributed by atoms with Gasteiger partial charge in [-0.05, 0) is 30.3 Å². The summed E-state index contributed by atoms with van der Waals surface area (Å²) >= 11 is 0. The maximum atomic E-state index is 12.0. The monoisotopic (exact) mass is 310 g/mol. The zero-order valence-corrected chi connectivity index (χ0v) is 12.3. The van der Waals surface area contributed by atoms with Gasteiger partial charge in [-0.15, -0.1) is 0 Å². The number of aromatic nitrogens is 4. The molecule has 0 bridgehead atoms. The lowest BCUT2D eigenvalue weighted by molar-refractivity contribution is 0.262. The Morgan fingerprint density at radius 1 is 1.17 bits per heavy atom. The van der Waals surface area contributed by atoms with Crippen LogP contribution in [0, 0.1) is 0 Å². The van der Waals surface area contributed by atoms with Crippen molar-refractivity contribution in [2.45, 2.75) is 0 Å². The van der Waals surface area contributed by atoms with Crippen LogP contribution in [-0.4, -0.2) is 32.9 Å². The molecule has 0 aliphatic rings. The highest BCUT2D eigenvalue weighted by molar-refractivity contribution is 5.99. The molecule has 1 aromatic carbocycles. The van der Waals surface area contributed by atoms with Gasteiger partial charge in [0.1, 0.15) is 17.9 Å². The topological polar surface area (TPSA) is 94.0 Å². The van der Waals surface area contributed by atoms with Crippen molar-refractivity contribution in [3.05, 3.63) is 55.1 Å². The molecule has 116 valence electrons. The van der Waals surface area contributed by atoms with Gasteiger partial charge in [-0.25, -0.2) is 19.4 Å². The minimum absolute atomic E-state index is 0.372. The van der Waals surface area contributed by atoms with Gasteiger partial charge in [0.15, 0.2) is 5.82 Å². The minimum atomic E-state index is -0.403. The molecule has 0 atom stereocenters. The second-order valence-electron chi connectivity index (χ2n) is 4.52. The Bertz CT molecular complexity index is 786. The highest BCUT2D eigenvalue weighted by Gasteiger charge is 2.06. The van der Waals surface area contributed by atoms with E-state index in [9.17, 15) is 4.79 Å². The average molecular weight is 310 g/mol. The first kappa shape index (κ1) is 14.5. The second kappa shape index (κ2) is 6.56. The number of hydrogen-bond donors (Lipinski definition) is 2. The number of urea groups is 1. The Hall–Kier alpha value is -3.42. The zero-order chi connectivity index (χ0) is 16.1. The summed E-state index contributed by atoms with van der Waals surface area (Å²) < 4.78 is 6.64. The van der Waals surface area contributed by atoms with Crippen LogP contribution in [0.4, 0.5) is 16.3 Å². The fraction of sp³-hybridized carbons (Fsp3) is 0.0667. The van der Waals surface area contributed by atoms with Gasteiger partial charge in [-0.3, -0.25) is 5.32 Å². The molecule has 3 rings (SSSR count). The molecule has 3 aromatic rings. The van der Waals surface area contributed by atoms with Crippen molar-refractivity contribution >= 4 is 17.5 Å². The molecular formula is C15H14N6O2. The van der Waals surface area contributed by atoms with Gasteiger partial charge in [-0.2, -0.15) is 5.10 Å². The van der Waals surface area contributed by atoms with E-state index in [0.717, 1.165) is 5.75 Å². The molecule has 0 spiro atoms. The van der Waals surface area contributed by atoms with Crippen LogP contribution in [0.1, 0.15) is 0 Å². The first-order chi connectivity index (χ1) is 11.2. The third-order valence-corrected chi connectivity index (χ3v) is 2.98. The predicted molar refractivity (Wildman–Crippen MR) is 84.8 cm³/mol. The van der Waals surface area contributed by atoms with E-state index in [2.05, 4.69) is 25.7 Å². The Labute approximate surface area is 132 Å². The molecular weight excluding hydrogens is 296 g/mol. The number of ether oxygens (including phenoxy) is 1. The van der Waals surface area contributed by atoms with E-state index < -0.39 is 6.03 Å². The standard InChI is InChI=1S/C15H14N6O2/c1-23-12-5-3-11(4-6-12)19-15(22)20-13-9-14(17-10-16-13)21-8-2-7-18-21/h2-10H,1H3,(H2,16,17,19,20,22). The number of nitrogens with zero attached hydrogens (tertiary/aromatic N) is 4. The Morgan fingerprint density at radius 3 is 2.70 bits per heavy atom. The minimum Gasteiger partial charge on any atom is -0.497 e. The zero-order valence-electron chi connectivity index (χ0n) is 12.3. The van der Waals surface area contributed by atoms with E-state index >= 15 is 0 Å². The average Bonchev–Trinajstić information content (AvgIpc) is 3.10. The molecule has 0 aliphatic carbocycles. The summed E-state index contributed by atoms with van der Waals surface area (Å²) in [5.41, 5.74) is 0.643. The molecule has 0 unspecified atom stereocenters. The lowest BCUT2D eigenvalue weighted by atomic mass is 10.3. The van der Waals surface area contributed by atoms with E-state index in [4.69, 9.17) is 4.74 Å². The van der Waals surface area contributed by atoms with Gasteiger partial charge < -0.3 is 10.1 Å². The highest BCUT2D eigenvalue weighted by Crippen LogP contribution is 2.15. The van der Waals surface area contributed by atoms with Gasteiger partial charge in [0, 0.05) is 24.1 Å². The van der Waals surface area contributed by atoms with E-state index in [1.165, 1.54) is 6.33 Å².